The van der Waals surface area contributed by atoms with Gasteiger partial charge in [0.05, 0.1) is 11.1 Å². The van der Waals surface area contributed by atoms with Crippen molar-refractivity contribution in [3.8, 4) is 5.75 Å². The molecule has 1 rings (SSSR count). The smallest absolute Gasteiger partial charge is 0.262 e. The highest BCUT2D eigenvalue weighted by molar-refractivity contribution is 7.80. The van der Waals surface area contributed by atoms with Gasteiger partial charge in [0.2, 0.25) is 0 Å². The van der Waals surface area contributed by atoms with Crippen molar-refractivity contribution in [3.05, 3.63) is 46.5 Å². The number of hydrazone groups is 1. The molecule has 0 aliphatic heterocycles. The maximum absolute atomic E-state index is 11.2. The summed E-state index contributed by atoms with van der Waals surface area (Å²) in [6, 6.07) is 3.70. The minimum Gasteiger partial charge on any atom is -0.868 e. The summed E-state index contributed by atoms with van der Waals surface area (Å²) in [5.41, 5.74) is 2.46. The maximum Gasteiger partial charge on any atom is 0.262 e. The van der Waals surface area contributed by atoms with Crippen LogP contribution in [-0.2, 0) is 0 Å². The Kier molecular flexibility index (Phi) is 5.42. The Bertz CT molecular complexity index is 531. The Morgan fingerprint density at radius 3 is 2.95 bits per heavy atom. The first-order chi connectivity index (χ1) is 9.04. The lowest BCUT2D eigenvalue weighted by molar-refractivity contribution is -0.398. The molecule has 19 heavy (non-hydrogen) atoms. The van der Waals surface area contributed by atoms with E-state index in [4.69, 9.17) is 12.2 Å². The van der Waals surface area contributed by atoms with E-state index in [9.17, 15) is 15.2 Å². The lowest BCUT2D eigenvalue weighted by atomic mass is 10.2. The van der Waals surface area contributed by atoms with E-state index in [-0.39, 0.29) is 0 Å². The number of nitro groups is 1. The number of nitrogens with zero attached hydrogens (tertiary/aromatic N) is 2. The molecule has 100 valence electrons. The van der Waals surface area contributed by atoms with Gasteiger partial charge in [-0.05, 0) is 18.0 Å². The summed E-state index contributed by atoms with van der Waals surface area (Å²) < 4.78 is 0. The molecule has 0 radical (unpaired) electrons. The van der Waals surface area contributed by atoms with E-state index in [1.165, 1.54) is 12.3 Å². The molecule has 0 bridgehead atoms. The van der Waals surface area contributed by atoms with Gasteiger partial charge in [-0.3, -0.25) is 15.5 Å². The highest BCUT2D eigenvalue weighted by Gasteiger charge is 2.06. The van der Waals surface area contributed by atoms with Crippen LogP contribution in [0.4, 0.5) is 5.69 Å². The third-order valence-corrected chi connectivity index (χ3v) is 2.20. The monoisotopic (exact) mass is 279 g/mol. The van der Waals surface area contributed by atoms with E-state index in [1.807, 2.05) is 0 Å². The van der Waals surface area contributed by atoms with E-state index in [0.29, 0.717) is 17.2 Å². The minimum absolute atomic E-state index is 0.297. The highest BCUT2D eigenvalue weighted by Crippen LogP contribution is 2.22. The number of benzene rings is 1. The van der Waals surface area contributed by atoms with Crippen molar-refractivity contribution in [2.24, 2.45) is 5.10 Å². The molecule has 8 heteroatoms. The Morgan fingerprint density at radius 2 is 2.32 bits per heavy atom. The molecule has 0 saturated heterocycles. The van der Waals surface area contributed by atoms with Crippen molar-refractivity contribution in [1.29, 1.82) is 0 Å². The summed E-state index contributed by atoms with van der Waals surface area (Å²) in [6.45, 7) is 4.01. The first-order valence-electron chi connectivity index (χ1n) is 5.18. The summed E-state index contributed by atoms with van der Waals surface area (Å²) in [6.07, 6.45) is 2.96. The highest BCUT2D eigenvalue weighted by atomic mass is 32.1. The van der Waals surface area contributed by atoms with E-state index in [1.54, 1.807) is 6.08 Å². The maximum atomic E-state index is 11.2. The molecule has 0 heterocycles. The average Bonchev–Trinajstić information content (AvgIpc) is 2.38. The zero-order chi connectivity index (χ0) is 14.3. The van der Waals surface area contributed by atoms with E-state index >= 15 is 0 Å². The molecular weight excluding hydrogens is 268 g/mol. The Balaban J connectivity index is 2.67. The van der Waals surface area contributed by atoms with Crippen molar-refractivity contribution in [2.75, 3.05) is 6.54 Å². The molecule has 0 aliphatic rings. The molecule has 1 aromatic rings. The van der Waals surface area contributed by atoms with Gasteiger partial charge in [-0.25, -0.2) is 0 Å². The van der Waals surface area contributed by atoms with Gasteiger partial charge in [0.15, 0.2) is 5.11 Å². The average molecular weight is 279 g/mol. The molecule has 0 fully saturated rings. The Labute approximate surface area is 114 Å². The zero-order valence-corrected chi connectivity index (χ0v) is 10.6. The zero-order valence-electron chi connectivity index (χ0n) is 9.83. The van der Waals surface area contributed by atoms with Crippen LogP contribution < -0.4 is 15.8 Å². The lowest BCUT2D eigenvalue weighted by Crippen LogP contribution is -2.31. The second-order valence-corrected chi connectivity index (χ2v) is 3.76. The molecular formula is C11H11N4O3S-. The lowest BCUT2D eigenvalue weighted by Gasteiger charge is -2.06. The van der Waals surface area contributed by atoms with Crippen LogP contribution in [-0.4, -0.2) is 22.8 Å². The van der Waals surface area contributed by atoms with Crippen molar-refractivity contribution >= 4 is 29.2 Å². The largest absolute Gasteiger partial charge is 0.868 e. The van der Waals surface area contributed by atoms with Crippen LogP contribution >= 0.6 is 12.2 Å². The van der Waals surface area contributed by atoms with E-state index in [2.05, 4.69) is 22.4 Å². The number of hydrogen-bond acceptors (Lipinski definition) is 5. The van der Waals surface area contributed by atoms with Crippen molar-refractivity contribution in [2.45, 2.75) is 0 Å². The molecule has 0 aromatic heterocycles. The molecule has 1 aromatic carbocycles. The second-order valence-electron chi connectivity index (χ2n) is 3.35. The number of nitrogens with one attached hydrogen (secondary N) is 2. The van der Waals surface area contributed by atoms with Gasteiger partial charge < -0.3 is 10.4 Å². The SMILES string of the molecule is C=CCNC(=S)N/N=C\c1ccc([O-])c([N+](=O)[O-])c1. The first kappa shape index (κ1) is 14.6. The summed E-state index contributed by atoms with van der Waals surface area (Å²) in [7, 11) is 0. The van der Waals surface area contributed by atoms with Crippen LogP contribution in [0.2, 0.25) is 0 Å². The minimum atomic E-state index is -0.733. The van der Waals surface area contributed by atoms with Gasteiger partial charge in [-0.15, -0.1) is 6.58 Å². The number of rotatable bonds is 5. The fourth-order valence-electron chi connectivity index (χ4n) is 1.13. The molecule has 7 nitrogen and oxygen atoms in total. The van der Waals surface area contributed by atoms with Crippen LogP contribution in [0.15, 0.2) is 36.0 Å². The van der Waals surface area contributed by atoms with Gasteiger partial charge >= 0.3 is 0 Å². The Hall–Kier alpha value is -2.48. The first-order valence-corrected chi connectivity index (χ1v) is 5.58. The standard InChI is InChI=1S/C11H12N4O3S/c1-2-5-12-11(19)14-13-7-8-3-4-10(16)9(6-8)15(17)18/h2-4,6-7,16H,1,5H2,(H2,12,14,19)/p-1/b13-7-. The molecule has 0 aliphatic carbocycles. The third-order valence-electron chi connectivity index (χ3n) is 1.97. The van der Waals surface area contributed by atoms with Crippen LogP contribution in [0.1, 0.15) is 5.56 Å². The number of thiocarbonyl (C=S) groups is 1. The molecule has 0 saturated carbocycles. The normalized spacial score (nSPS) is 10.1. The van der Waals surface area contributed by atoms with Gasteiger partial charge in [-0.1, -0.05) is 18.2 Å². The van der Waals surface area contributed by atoms with Crippen LogP contribution in [0.5, 0.6) is 5.75 Å². The van der Waals surface area contributed by atoms with Crippen LogP contribution in [0.3, 0.4) is 0 Å². The topological polar surface area (TPSA) is 103 Å². The number of nitro benzene ring substituents is 1. The predicted octanol–water partition coefficient (Wildman–Crippen LogP) is 0.652. The van der Waals surface area contributed by atoms with Crippen molar-refractivity contribution in [3.63, 3.8) is 0 Å². The summed E-state index contributed by atoms with van der Waals surface area (Å²) in [5.74, 6) is -0.640. The van der Waals surface area contributed by atoms with E-state index < -0.39 is 16.4 Å². The fourth-order valence-corrected chi connectivity index (χ4v) is 1.26. The summed E-state index contributed by atoms with van der Waals surface area (Å²) >= 11 is 4.88. The van der Waals surface area contributed by atoms with Crippen molar-refractivity contribution < 1.29 is 10.0 Å². The van der Waals surface area contributed by atoms with E-state index in [0.717, 1.165) is 12.1 Å². The van der Waals surface area contributed by atoms with Crippen LogP contribution in [0, 0.1) is 10.1 Å². The van der Waals surface area contributed by atoms with Gasteiger partial charge in [0.1, 0.15) is 0 Å². The summed E-state index contributed by atoms with van der Waals surface area (Å²) in [4.78, 5) is 9.85. The molecule has 0 amide bonds. The molecule has 0 atom stereocenters. The number of hydrogen-bond donors (Lipinski definition) is 2. The summed E-state index contributed by atoms with van der Waals surface area (Å²) in [5, 5.41) is 28.6. The molecule has 2 N–H and O–H groups in total. The quantitative estimate of drug-likeness (QED) is 0.270. The van der Waals surface area contributed by atoms with Gasteiger partial charge in [-0.2, -0.15) is 5.10 Å². The predicted molar refractivity (Wildman–Crippen MR) is 74.1 cm³/mol. The third kappa shape index (κ3) is 4.72. The Morgan fingerprint density at radius 1 is 1.58 bits per heavy atom. The second kappa shape index (κ2) is 7.07. The van der Waals surface area contributed by atoms with Crippen molar-refractivity contribution in [1.82, 2.24) is 10.7 Å². The molecule has 0 spiro atoms. The molecule has 0 unspecified atom stereocenters. The van der Waals surface area contributed by atoms with Gasteiger partial charge in [0.25, 0.3) is 5.69 Å². The van der Waals surface area contributed by atoms with Crippen LogP contribution in [0.25, 0.3) is 0 Å². The van der Waals surface area contributed by atoms with Gasteiger partial charge in [0, 0.05) is 18.2 Å². The fraction of sp³-hybridized carbons (Fsp3) is 0.0909.